The summed E-state index contributed by atoms with van der Waals surface area (Å²) in [6.45, 7) is 1.94. The number of anilines is 2. The molecular formula is C17H14N6O. The van der Waals surface area contributed by atoms with Crippen molar-refractivity contribution in [3.63, 3.8) is 0 Å². The first-order chi connectivity index (χ1) is 11.6. The highest BCUT2D eigenvalue weighted by Crippen LogP contribution is 2.20. The van der Waals surface area contributed by atoms with Crippen LogP contribution in [0.15, 0.2) is 48.8 Å². The fourth-order valence-electron chi connectivity index (χ4n) is 2.24. The number of nitrogens with two attached hydrogens (primary N) is 1. The molecule has 3 aromatic rings. The van der Waals surface area contributed by atoms with Crippen LogP contribution in [0, 0.1) is 18.3 Å². The van der Waals surface area contributed by atoms with Gasteiger partial charge in [-0.25, -0.2) is 9.67 Å². The molecule has 3 rings (SSSR count). The van der Waals surface area contributed by atoms with Crippen LogP contribution in [0.2, 0.25) is 0 Å². The second kappa shape index (κ2) is 6.22. The fraction of sp³-hybridized carbons (Fsp3) is 0.0588. The van der Waals surface area contributed by atoms with E-state index in [-0.39, 0.29) is 11.4 Å². The van der Waals surface area contributed by atoms with Crippen LogP contribution in [-0.2, 0) is 0 Å². The predicted octanol–water partition coefficient (Wildman–Crippen LogP) is 2.28. The number of carbonyl (C=O) groups excluding carboxylic acids is 1. The van der Waals surface area contributed by atoms with E-state index in [4.69, 9.17) is 11.0 Å². The molecule has 0 aliphatic rings. The molecule has 0 spiro atoms. The minimum absolute atomic E-state index is 0.246. The van der Waals surface area contributed by atoms with E-state index in [0.717, 1.165) is 11.3 Å². The van der Waals surface area contributed by atoms with Gasteiger partial charge in [-0.05, 0) is 30.7 Å². The van der Waals surface area contributed by atoms with Gasteiger partial charge in [0.15, 0.2) is 0 Å². The maximum atomic E-state index is 12.4. The van der Waals surface area contributed by atoms with E-state index < -0.39 is 5.91 Å². The van der Waals surface area contributed by atoms with Gasteiger partial charge in [-0.15, -0.1) is 0 Å². The molecule has 0 radical (unpaired) electrons. The third kappa shape index (κ3) is 2.80. The molecule has 0 bridgehead atoms. The summed E-state index contributed by atoms with van der Waals surface area (Å²) in [5.74, 6) is 0.169. The van der Waals surface area contributed by atoms with Gasteiger partial charge in [-0.3, -0.25) is 4.79 Å². The second-order valence-electron chi connectivity index (χ2n) is 5.14. The first-order valence-corrected chi connectivity index (χ1v) is 7.17. The summed E-state index contributed by atoms with van der Waals surface area (Å²) >= 11 is 0. The summed E-state index contributed by atoms with van der Waals surface area (Å²) in [6, 6.07) is 12.7. The average molecular weight is 318 g/mol. The number of para-hydroxylation sites is 1. The molecular weight excluding hydrogens is 304 g/mol. The Bertz CT molecular complexity index is 936. The van der Waals surface area contributed by atoms with Crippen molar-refractivity contribution in [2.24, 2.45) is 0 Å². The van der Waals surface area contributed by atoms with Crippen molar-refractivity contribution in [2.45, 2.75) is 6.92 Å². The van der Waals surface area contributed by atoms with E-state index in [2.05, 4.69) is 15.4 Å². The molecule has 2 heterocycles. The van der Waals surface area contributed by atoms with E-state index in [9.17, 15) is 4.79 Å². The molecule has 1 amide bonds. The number of nitrogens with one attached hydrogen (secondary N) is 1. The number of nitrogen functional groups attached to an aromatic ring is 1. The number of rotatable bonds is 3. The van der Waals surface area contributed by atoms with Gasteiger partial charge in [0.25, 0.3) is 5.91 Å². The van der Waals surface area contributed by atoms with Crippen molar-refractivity contribution in [3.05, 3.63) is 65.5 Å². The van der Waals surface area contributed by atoms with Gasteiger partial charge in [0.2, 0.25) is 0 Å². The van der Waals surface area contributed by atoms with Crippen molar-refractivity contribution < 1.29 is 4.79 Å². The SMILES string of the molecule is Cc1ccccc1-n1ncc(C(=O)Nc2ccc(C#N)cn2)c1N. The number of nitrogens with zero attached hydrogens (tertiary/aromatic N) is 4. The van der Waals surface area contributed by atoms with E-state index in [1.54, 1.807) is 12.1 Å². The standard InChI is InChI=1S/C17H14N6O/c1-11-4-2-3-5-14(11)23-16(19)13(10-21-23)17(24)22-15-7-6-12(8-18)9-20-15/h2-7,9-10H,19H2,1H3,(H,20,22,24). The molecule has 24 heavy (non-hydrogen) atoms. The summed E-state index contributed by atoms with van der Waals surface area (Å²) in [5.41, 5.74) is 8.56. The third-order valence-corrected chi connectivity index (χ3v) is 3.53. The van der Waals surface area contributed by atoms with Crippen LogP contribution in [0.5, 0.6) is 0 Å². The third-order valence-electron chi connectivity index (χ3n) is 3.53. The molecule has 1 aromatic carbocycles. The van der Waals surface area contributed by atoms with Crippen LogP contribution in [0.3, 0.4) is 0 Å². The molecule has 0 saturated carbocycles. The zero-order valence-electron chi connectivity index (χ0n) is 12.9. The highest BCUT2D eigenvalue weighted by Gasteiger charge is 2.17. The van der Waals surface area contributed by atoms with E-state index >= 15 is 0 Å². The number of hydrogen-bond donors (Lipinski definition) is 2. The topological polar surface area (TPSA) is 110 Å². The lowest BCUT2D eigenvalue weighted by Crippen LogP contribution is -2.15. The van der Waals surface area contributed by atoms with Gasteiger partial charge in [0.1, 0.15) is 23.3 Å². The first kappa shape index (κ1) is 15.2. The van der Waals surface area contributed by atoms with Crippen LogP contribution < -0.4 is 11.1 Å². The van der Waals surface area contributed by atoms with Gasteiger partial charge >= 0.3 is 0 Å². The second-order valence-corrected chi connectivity index (χ2v) is 5.14. The molecule has 3 N–H and O–H groups in total. The Labute approximate surface area is 138 Å². The molecule has 0 atom stereocenters. The van der Waals surface area contributed by atoms with Crippen molar-refractivity contribution in [1.29, 1.82) is 5.26 Å². The van der Waals surface area contributed by atoms with Crippen LogP contribution in [0.1, 0.15) is 21.5 Å². The predicted molar refractivity (Wildman–Crippen MR) is 89.6 cm³/mol. The lowest BCUT2D eigenvalue weighted by molar-refractivity contribution is 0.102. The molecule has 0 fully saturated rings. The van der Waals surface area contributed by atoms with Crippen LogP contribution in [0.4, 0.5) is 11.6 Å². The zero-order valence-corrected chi connectivity index (χ0v) is 12.9. The van der Waals surface area contributed by atoms with Crippen LogP contribution in [-0.4, -0.2) is 20.7 Å². The lowest BCUT2D eigenvalue weighted by Gasteiger charge is -2.08. The van der Waals surface area contributed by atoms with Crippen molar-refractivity contribution >= 4 is 17.5 Å². The summed E-state index contributed by atoms with van der Waals surface area (Å²) in [5, 5.41) is 15.6. The van der Waals surface area contributed by atoms with Crippen molar-refractivity contribution in [2.75, 3.05) is 11.1 Å². The van der Waals surface area contributed by atoms with Crippen molar-refractivity contribution in [3.8, 4) is 11.8 Å². The van der Waals surface area contributed by atoms with Crippen LogP contribution in [0.25, 0.3) is 5.69 Å². The van der Waals surface area contributed by atoms with Crippen LogP contribution >= 0.6 is 0 Å². The van der Waals surface area contributed by atoms with Gasteiger partial charge in [0.05, 0.1) is 17.4 Å². The first-order valence-electron chi connectivity index (χ1n) is 7.17. The normalized spacial score (nSPS) is 10.2. The zero-order chi connectivity index (χ0) is 17.1. The minimum Gasteiger partial charge on any atom is -0.383 e. The summed E-state index contributed by atoms with van der Waals surface area (Å²) in [4.78, 5) is 16.4. The Balaban J connectivity index is 1.86. The number of benzene rings is 1. The Hall–Kier alpha value is -3.66. The lowest BCUT2D eigenvalue weighted by atomic mass is 10.2. The molecule has 7 nitrogen and oxygen atoms in total. The molecule has 0 aliphatic heterocycles. The Kier molecular flexibility index (Phi) is 3.95. The van der Waals surface area contributed by atoms with Crippen molar-refractivity contribution in [1.82, 2.24) is 14.8 Å². The number of amides is 1. The smallest absolute Gasteiger partial charge is 0.262 e. The quantitative estimate of drug-likeness (QED) is 0.770. The average Bonchev–Trinajstić information content (AvgIpc) is 2.97. The van der Waals surface area contributed by atoms with Gasteiger partial charge < -0.3 is 11.1 Å². The molecule has 0 aliphatic carbocycles. The number of carbonyl (C=O) groups is 1. The molecule has 7 heteroatoms. The summed E-state index contributed by atoms with van der Waals surface area (Å²) < 4.78 is 1.52. The molecule has 2 aromatic heterocycles. The highest BCUT2D eigenvalue weighted by molar-refractivity contribution is 6.06. The number of pyridine rings is 1. The van der Waals surface area contributed by atoms with E-state index in [1.165, 1.54) is 17.1 Å². The number of hydrogen-bond acceptors (Lipinski definition) is 5. The number of nitriles is 1. The molecule has 0 unspecified atom stereocenters. The number of aromatic nitrogens is 3. The van der Waals surface area contributed by atoms with Gasteiger partial charge in [-0.2, -0.15) is 10.4 Å². The molecule has 118 valence electrons. The summed E-state index contributed by atoms with van der Waals surface area (Å²) in [7, 11) is 0. The number of aryl methyl sites for hydroxylation is 1. The largest absolute Gasteiger partial charge is 0.383 e. The van der Waals surface area contributed by atoms with E-state index in [0.29, 0.717) is 11.4 Å². The Morgan fingerprint density at radius 3 is 2.71 bits per heavy atom. The Morgan fingerprint density at radius 1 is 1.25 bits per heavy atom. The fourth-order valence-corrected chi connectivity index (χ4v) is 2.24. The molecule has 0 saturated heterocycles. The monoisotopic (exact) mass is 318 g/mol. The highest BCUT2D eigenvalue weighted by atomic mass is 16.1. The van der Waals surface area contributed by atoms with Gasteiger partial charge in [-0.1, -0.05) is 18.2 Å². The summed E-state index contributed by atoms with van der Waals surface area (Å²) in [6.07, 6.45) is 2.80. The maximum absolute atomic E-state index is 12.4. The Morgan fingerprint density at radius 2 is 2.04 bits per heavy atom. The maximum Gasteiger partial charge on any atom is 0.262 e. The van der Waals surface area contributed by atoms with E-state index in [1.807, 2.05) is 37.3 Å². The minimum atomic E-state index is -0.412. The van der Waals surface area contributed by atoms with Gasteiger partial charge in [0, 0.05) is 6.20 Å².